The zero-order valence-corrected chi connectivity index (χ0v) is 28.9. The molecule has 5 aromatic carbocycles. The Kier molecular flexibility index (Phi) is 6.59. The van der Waals surface area contributed by atoms with Crippen LogP contribution < -0.4 is 8.92 Å². The number of rotatable bonds is 2. The van der Waals surface area contributed by atoms with Crippen LogP contribution in [0.3, 0.4) is 0 Å². The van der Waals surface area contributed by atoms with Crippen molar-refractivity contribution in [1.82, 2.24) is 39.9 Å². The molecular formula is C42H30CuN8. The second kappa shape index (κ2) is 11.2. The monoisotopic (exact) mass is 709 g/mol. The van der Waals surface area contributed by atoms with E-state index in [9.17, 15) is 0 Å². The van der Waals surface area contributed by atoms with Crippen molar-refractivity contribution >= 4 is 53.1 Å². The molecule has 2 aliphatic heterocycles. The number of H-pyrrole nitrogens is 2. The molecule has 0 saturated carbocycles. The van der Waals surface area contributed by atoms with Crippen molar-refractivity contribution in [2.45, 2.75) is 26.2 Å². The molecule has 0 saturated heterocycles. The van der Waals surface area contributed by atoms with Gasteiger partial charge in [0, 0.05) is 0 Å². The predicted molar refractivity (Wildman–Crippen MR) is 200 cm³/mol. The fourth-order valence-electron chi connectivity index (χ4n) is 6.76. The van der Waals surface area contributed by atoms with Gasteiger partial charge in [0.25, 0.3) is 0 Å². The van der Waals surface area contributed by atoms with E-state index in [1.807, 2.05) is 87.8 Å². The van der Waals surface area contributed by atoms with Crippen LogP contribution in [-0.2, 0) is 20.4 Å². The molecule has 8 nitrogen and oxygen atoms in total. The normalized spacial score (nSPS) is 12.4. The van der Waals surface area contributed by atoms with Gasteiger partial charge in [0.05, 0.1) is 0 Å². The first-order valence-electron chi connectivity index (χ1n) is 16.8. The molecule has 249 valence electrons. The van der Waals surface area contributed by atoms with E-state index in [4.69, 9.17) is 29.9 Å². The molecule has 0 amide bonds. The summed E-state index contributed by atoms with van der Waals surface area (Å²) < 4.78 is 2.18. The molecule has 5 heterocycles. The molecule has 8 bridgehead atoms. The fraction of sp³-hybridized carbons (Fsp3) is 0.0952. The van der Waals surface area contributed by atoms with E-state index >= 15 is 0 Å². The molecule has 0 unspecified atom stereocenters. The van der Waals surface area contributed by atoms with Gasteiger partial charge in [-0.2, -0.15) is 0 Å². The zero-order chi connectivity index (χ0) is 34.3. The minimum atomic E-state index is 0.0768. The topological polar surface area (TPSA) is 109 Å². The third kappa shape index (κ3) is 4.96. The van der Waals surface area contributed by atoms with Crippen LogP contribution in [0.4, 0.5) is 0 Å². The summed E-state index contributed by atoms with van der Waals surface area (Å²) in [5.41, 5.74) is 7.73. The number of nitrogens with zero attached hydrogens (tertiary/aromatic N) is 6. The number of fused-ring (bicyclic) bond motifs is 20. The van der Waals surface area contributed by atoms with E-state index in [0.717, 1.165) is 52.7 Å². The van der Waals surface area contributed by atoms with E-state index < -0.39 is 0 Å². The van der Waals surface area contributed by atoms with Crippen molar-refractivity contribution in [2.24, 2.45) is 0 Å². The maximum absolute atomic E-state index is 5.25. The summed E-state index contributed by atoms with van der Waals surface area (Å²) in [5, 5.41) is 3.80. The van der Waals surface area contributed by atoms with Crippen LogP contribution in [0.2, 0.25) is 0 Å². The molecule has 2 aliphatic rings. The molecule has 0 fully saturated rings. The molecule has 8 aromatic rings. The van der Waals surface area contributed by atoms with Crippen LogP contribution in [0.15, 0.2) is 115 Å². The Labute approximate surface area is 299 Å². The summed E-state index contributed by atoms with van der Waals surface area (Å²) in [7, 11) is 0. The number of aromatic nitrogens is 8. The van der Waals surface area contributed by atoms with Gasteiger partial charge in [-0.1, -0.05) is 6.07 Å². The van der Waals surface area contributed by atoms with Crippen LogP contribution in [0.25, 0.3) is 89.7 Å². The number of nitrogens with one attached hydrogen (secondary N) is 2. The molecule has 0 spiro atoms. The molecule has 0 radical (unpaired) electrons. The first-order valence-corrected chi connectivity index (χ1v) is 17.7. The standard InChI is InChI=1S/C32H17N8.C10H13.Cu/c1-2-10-18-17(9-1)25-33-26(18)38-28-21-13-5-6-14-22(21)30(35-28)40-32-24-16-8-7-15-23(24)31(36-32)39-29-20-12-4-3-11-19(20)27(34-29)37-25;1-10(2,3)9-7-5-4-6-8-9;/h1-15H,(H2,33,34,35,36,37,38,39,40);5-8H,1-3H3;. The molecule has 2 N–H and O–H groups in total. The summed E-state index contributed by atoms with van der Waals surface area (Å²) >= 11 is 1.83. The van der Waals surface area contributed by atoms with Crippen LogP contribution >= 0.6 is 0 Å². The quantitative estimate of drug-likeness (QED) is 0.175. The average Bonchev–Trinajstić information content (AvgIpc) is 3.87. The summed E-state index contributed by atoms with van der Waals surface area (Å²) in [4.78, 5) is 37.8. The molecule has 10 rings (SSSR count). The summed E-state index contributed by atoms with van der Waals surface area (Å²) in [6.07, 6.45) is 0. The number of aromatic amines is 2. The molecular weight excluding hydrogens is 680 g/mol. The fourth-order valence-corrected chi connectivity index (χ4v) is 7.90. The van der Waals surface area contributed by atoms with Gasteiger partial charge < -0.3 is 0 Å². The second-order valence-electron chi connectivity index (χ2n) is 13.7. The van der Waals surface area contributed by atoms with Crippen molar-refractivity contribution in [3.63, 3.8) is 0 Å². The molecule has 0 aliphatic carbocycles. The van der Waals surface area contributed by atoms with Crippen molar-refractivity contribution in [1.29, 1.82) is 0 Å². The Bertz CT molecular complexity index is 2880. The SMILES string of the molecule is CC(C)(C)c1cc[c]([Cu][c]2cccc3c4nc5nc(nc6[nH]c(nc7nc(nc([nH]4)c23)-c2ccccc2-7)c2ccccc62)-c2ccccc2-5)cc1. The van der Waals surface area contributed by atoms with Crippen molar-refractivity contribution in [3.05, 3.63) is 121 Å². The van der Waals surface area contributed by atoms with Crippen molar-refractivity contribution in [2.75, 3.05) is 0 Å². The van der Waals surface area contributed by atoms with Gasteiger partial charge in [0.15, 0.2) is 0 Å². The zero-order valence-electron chi connectivity index (χ0n) is 28.0. The first kappa shape index (κ1) is 29.9. The molecule has 9 heteroatoms. The van der Waals surface area contributed by atoms with E-state index in [2.05, 4.69) is 73.2 Å². The average molecular weight is 710 g/mol. The molecule has 3 aromatic heterocycles. The van der Waals surface area contributed by atoms with Gasteiger partial charge in [-0.05, 0) is 0 Å². The van der Waals surface area contributed by atoms with Gasteiger partial charge in [0.1, 0.15) is 0 Å². The summed E-state index contributed by atoms with van der Waals surface area (Å²) in [6.45, 7) is 6.70. The Hall–Kier alpha value is -6.02. The van der Waals surface area contributed by atoms with E-state index in [-0.39, 0.29) is 5.41 Å². The Balaban J connectivity index is 1.31. The van der Waals surface area contributed by atoms with Gasteiger partial charge in [-0.25, -0.2) is 0 Å². The van der Waals surface area contributed by atoms with E-state index in [1.54, 1.807) is 0 Å². The maximum atomic E-state index is 5.25. The van der Waals surface area contributed by atoms with Gasteiger partial charge in [0.2, 0.25) is 0 Å². The minimum absolute atomic E-state index is 0.0768. The van der Waals surface area contributed by atoms with Crippen molar-refractivity contribution in [3.8, 4) is 45.6 Å². The van der Waals surface area contributed by atoms with E-state index in [0.29, 0.717) is 45.9 Å². The van der Waals surface area contributed by atoms with Gasteiger partial charge in [-0.15, -0.1) is 0 Å². The van der Waals surface area contributed by atoms with Gasteiger partial charge in [-0.3, -0.25) is 0 Å². The number of benzene rings is 5. The van der Waals surface area contributed by atoms with Crippen LogP contribution in [0.5, 0.6) is 0 Å². The summed E-state index contributed by atoms with van der Waals surface area (Å²) in [5.74, 6) is 2.34. The van der Waals surface area contributed by atoms with Gasteiger partial charge >= 0.3 is 294 Å². The second-order valence-corrected chi connectivity index (χ2v) is 14.9. The first-order chi connectivity index (χ1) is 24.9. The third-order valence-corrected chi connectivity index (χ3v) is 10.6. The van der Waals surface area contributed by atoms with Crippen LogP contribution in [0.1, 0.15) is 26.3 Å². The van der Waals surface area contributed by atoms with Crippen molar-refractivity contribution < 1.29 is 15.0 Å². The Morgan fingerprint density at radius 1 is 0.431 bits per heavy atom. The third-order valence-electron chi connectivity index (χ3n) is 9.35. The van der Waals surface area contributed by atoms with Crippen LogP contribution in [0, 0.1) is 0 Å². The number of hydrogen-bond donors (Lipinski definition) is 2. The molecule has 0 atom stereocenters. The van der Waals surface area contributed by atoms with Crippen LogP contribution in [-0.4, -0.2) is 39.9 Å². The summed E-state index contributed by atoms with van der Waals surface area (Å²) in [6, 6.07) is 39.4. The molecule has 51 heavy (non-hydrogen) atoms. The Morgan fingerprint density at radius 2 is 0.863 bits per heavy atom. The Morgan fingerprint density at radius 3 is 1.37 bits per heavy atom. The van der Waals surface area contributed by atoms with E-state index in [1.165, 1.54) is 5.56 Å². The number of hydrogen-bond acceptors (Lipinski definition) is 6. The predicted octanol–water partition coefficient (Wildman–Crippen LogP) is 8.20.